The minimum atomic E-state index is -4.40. The number of nitrogens with two attached hydrogens (primary N) is 1. The lowest BCUT2D eigenvalue weighted by Crippen LogP contribution is -2.43. The Balaban J connectivity index is 2.18. The molecule has 2 aromatic rings. The zero-order chi connectivity index (χ0) is 21.9. The average molecular weight is 452 g/mol. The van der Waals surface area contributed by atoms with E-state index in [9.17, 15) is 27.6 Å². The first kappa shape index (κ1) is 22.9. The highest BCUT2D eigenvalue weighted by Gasteiger charge is 2.27. The highest BCUT2D eigenvalue weighted by molar-refractivity contribution is 8.01. The normalized spacial score (nSPS) is 11.8. The molecule has 14 heteroatoms. The Hall–Kier alpha value is -2.35. The summed E-state index contributed by atoms with van der Waals surface area (Å²) in [4.78, 5) is 37.2. The fraction of sp³-hybridized carbons (Fsp3) is 0.533. The second-order valence-electron chi connectivity index (χ2n) is 6.47. The summed E-state index contributed by atoms with van der Waals surface area (Å²) in [5.41, 5.74) is 4.21. The van der Waals surface area contributed by atoms with E-state index in [0.717, 1.165) is 27.7 Å². The molecule has 9 nitrogen and oxygen atoms in total. The number of ketones is 1. The molecule has 0 spiro atoms. The number of thioether (sulfide) groups is 1. The van der Waals surface area contributed by atoms with E-state index in [1.807, 2.05) is 13.8 Å². The molecular weight excluding hydrogens is 433 g/mol. The molecule has 0 saturated carbocycles. The molecule has 0 amide bonds. The fourth-order valence-corrected chi connectivity index (χ4v) is 3.92. The van der Waals surface area contributed by atoms with Gasteiger partial charge in [-0.2, -0.15) is 13.2 Å². The molecule has 3 N–H and O–H groups in total. The summed E-state index contributed by atoms with van der Waals surface area (Å²) in [7, 11) is 1.26. The van der Waals surface area contributed by atoms with Gasteiger partial charge in [-0.05, 0) is 5.92 Å². The molecule has 0 unspecified atom stereocenters. The molecule has 160 valence electrons. The van der Waals surface area contributed by atoms with Crippen LogP contribution in [0.2, 0.25) is 0 Å². The van der Waals surface area contributed by atoms with E-state index in [1.165, 1.54) is 11.6 Å². The molecule has 2 heterocycles. The van der Waals surface area contributed by atoms with Crippen LogP contribution in [0.3, 0.4) is 0 Å². The van der Waals surface area contributed by atoms with Crippen LogP contribution in [0.25, 0.3) is 0 Å². The molecule has 0 aromatic carbocycles. The predicted octanol–water partition coefficient (Wildman–Crippen LogP) is 1.59. The number of hydrogen-bond donors (Lipinski definition) is 2. The topological polar surface area (TPSA) is 125 Å². The van der Waals surface area contributed by atoms with E-state index < -0.39 is 29.8 Å². The molecule has 0 radical (unpaired) electrons. The van der Waals surface area contributed by atoms with Crippen molar-refractivity contribution in [1.29, 1.82) is 0 Å². The molecule has 0 aliphatic rings. The van der Waals surface area contributed by atoms with Crippen LogP contribution in [0.5, 0.6) is 0 Å². The Morgan fingerprint density at radius 1 is 1.31 bits per heavy atom. The fourth-order valence-electron chi connectivity index (χ4n) is 2.30. The summed E-state index contributed by atoms with van der Waals surface area (Å²) in [6.45, 7) is 2.69. The maximum Gasteiger partial charge on any atom is 0.405 e. The molecule has 0 aliphatic carbocycles. The molecule has 0 bridgehead atoms. The van der Waals surface area contributed by atoms with Crippen LogP contribution < -0.4 is 22.3 Å². The highest BCUT2D eigenvalue weighted by atomic mass is 32.2. The van der Waals surface area contributed by atoms with Gasteiger partial charge in [0.25, 0.3) is 5.56 Å². The Morgan fingerprint density at radius 2 is 1.97 bits per heavy atom. The van der Waals surface area contributed by atoms with E-state index in [0.29, 0.717) is 0 Å². The van der Waals surface area contributed by atoms with Gasteiger partial charge in [-0.1, -0.05) is 36.9 Å². The van der Waals surface area contributed by atoms with E-state index in [1.54, 1.807) is 0 Å². The first-order valence-corrected chi connectivity index (χ1v) is 10.1. The smallest absolute Gasteiger partial charge is 0.384 e. The average Bonchev–Trinajstić information content (AvgIpc) is 3.07. The maximum absolute atomic E-state index is 12.6. The van der Waals surface area contributed by atoms with Crippen molar-refractivity contribution in [2.45, 2.75) is 30.9 Å². The number of nitrogens with zero attached hydrogens (tertiary/aromatic N) is 4. The largest absolute Gasteiger partial charge is 0.405 e. The third-order valence-electron chi connectivity index (χ3n) is 3.58. The van der Waals surface area contributed by atoms with E-state index in [2.05, 4.69) is 15.5 Å². The van der Waals surface area contributed by atoms with Crippen LogP contribution >= 0.6 is 23.1 Å². The van der Waals surface area contributed by atoms with Crippen LogP contribution in [-0.2, 0) is 13.6 Å². The number of nitrogens with one attached hydrogen (secondary N) is 1. The van der Waals surface area contributed by atoms with Crippen molar-refractivity contribution < 1.29 is 18.0 Å². The van der Waals surface area contributed by atoms with Crippen molar-refractivity contribution in [3.8, 4) is 0 Å². The number of hydrogen-bond acceptors (Lipinski definition) is 9. The molecule has 0 saturated heterocycles. The van der Waals surface area contributed by atoms with Gasteiger partial charge in [-0.25, -0.2) is 4.79 Å². The summed E-state index contributed by atoms with van der Waals surface area (Å²) in [5.74, 6) is -1.02. The van der Waals surface area contributed by atoms with Crippen molar-refractivity contribution in [2.75, 3.05) is 23.3 Å². The van der Waals surface area contributed by atoms with Gasteiger partial charge in [0.2, 0.25) is 5.13 Å². The van der Waals surface area contributed by atoms with Crippen LogP contribution in [0.1, 0.15) is 24.2 Å². The van der Waals surface area contributed by atoms with E-state index in [-0.39, 0.29) is 39.1 Å². The van der Waals surface area contributed by atoms with Gasteiger partial charge in [0, 0.05) is 13.6 Å². The second kappa shape index (κ2) is 8.98. The quantitative estimate of drug-likeness (QED) is 0.457. The zero-order valence-corrected chi connectivity index (χ0v) is 17.4. The Labute approximate surface area is 171 Å². The number of alkyl halides is 3. The number of anilines is 2. The SMILES string of the molecule is CC(C)Cn1c(N)c(C(=O)CSc2nnc(NCC(F)(F)F)s2)c(=O)n(C)c1=O. The van der Waals surface area contributed by atoms with Crippen molar-refractivity contribution >= 4 is 39.8 Å². The molecule has 2 rings (SSSR count). The Kier molecular flexibility index (Phi) is 7.11. The molecule has 2 aromatic heterocycles. The van der Waals surface area contributed by atoms with Crippen molar-refractivity contribution in [3.05, 3.63) is 26.4 Å². The Bertz CT molecular complexity index is 1010. The van der Waals surface area contributed by atoms with Gasteiger partial charge in [0.05, 0.1) is 5.75 Å². The number of Topliss-reactive ketones (excluding diaryl/α,β-unsaturated/α-hetero) is 1. The first-order chi connectivity index (χ1) is 13.4. The van der Waals surface area contributed by atoms with Crippen LogP contribution in [-0.4, -0.2) is 43.6 Å². The van der Waals surface area contributed by atoms with Crippen molar-refractivity contribution in [1.82, 2.24) is 19.3 Å². The van der Waals surface area contributed by atoms with Crippen LogP contribution in [0, 0.1) is 5.92 Å². The van der Waals surface area contributed by atoms with E-state index >= 15 is 0 Å². The summed E-state index contributed by atoms with van der Waals surface area (Å²) < 4.78 is 38.9. The lowest BCUT2D eigenvalue weighted by atomic mass is 10.2. The third kappa shape index (κ3) is 5.82. The monoisotopic (exact) mass is 452 g/mol. The number of nitrogen functional groups attached to an aromatic ring is 1. The minimum absolute atomic E-state index is 0.0433. The molecular formula is C15H19F3N6O3S2. The Morgan fingerprint density at radius 3 is 2.55 bits per heavy atom. The highest BCUT2D eigenvalue weighted by Crippen LogP contribution is 2.27. The zero-order valence-electron chi connectivity index (χ0n) is 15.7. The summed E-state index contributed by atoms with van der Waals surface area (Å²) in [6, 6.07) is 0. The maximum atomic E-state index is 12.6. The number of rotatable bonds is 8. The number of carbonyl (C=O) groups is 1. The third-order valence-corrected chi connectivity index (χ3v) is 5.60. The second-order valence-corrected chi connectivity index (χ2v) is 8.67. The van der Waals surface area contributed by atoms with Gasteiger partial charge in [0.15, 0.2) is 10.1 Å². The minimum Gasteiger partial charge on any atom is -0.384 e. The van der Waals surface area contributed by atoms with Gasteiger partial charge in [0.1, 0.15) is 17.9 Å². The van der Waals surface area contributed by atoms with Crippen molar-refractivity contribution in [2.24, 2.45) is 13.0 Å². The molecule has 0 fully saturated rings. The standard InChI is InChI=1S/C15H19F3N6O3S2/c1-7(2)4-24-10(19)9(11(26)23(3)14(24)27)8(25)5-28-13-22-21-12(29-13)20-6-15(16,17)18/h7H,4-6,19H2,1-3H3,(H,20,21). The van der Waals surface area contributed by atoms with Crippen molar-refractivity contribution in [3.63, 3.8) is 0 Å². The number of carbonyl (C=O) groups excluding carboxylic acids is 1. The van der Waals surface area contributed by atoms with Gasteiger partial charge >= 0.3 is 11.9 Å². The predicted molar refractivity (Wildman–Crippen MR) is 105 cm³/mol. The molecule has 0 atom stereocenters. The van der Waals surface area contributed by atoms with E-state index in [4.69, 9.17) is 5.73 Å². The summed E-state index contributed by atoms with van der Waals surface area (Å²) in [6.07, 6.45) is -4.40. The van der Waals surface area contributed by atoms with Crippen LogP contribution in [0.4, 0.5) is 24.1 Å². The van der Waals surface area contributed by atoms with Gasteiger partial charge < -0.3 is 11.1 Å². The van der Waals surface area contributed by atoms with Gasteiger partial charge in [-0.15, -0.1) is 10.2 Å². The first-order valence-electron chi connectivity index (χ1n) is 8.30. The molecule has 0 aliphatic heterocycles. The van der Waals surface area contributed by atoms with Gasteiger partial charge in [-0.3, -0.25) is 18.7 Å². The summed E-state index contributed by atoms with van der Waals surface area (Å²) in [5, 5.41) is 9.31. The lowest BCUT2D eigenvalue weighted by Gasteiger charge is -2.15. The molecule has 29 heavy (non-hydrogen) atoms. The summed E-state index contributed by atoms with van der Waals surface area (Å²) >= 11 is 1.75. The van der Waals surface area contributed by atoms with Crippen LogP contribution in [0.15, 0.2) is 13.9 Å². The lowest BCUT2D eigenvalue weighted by molar-refractivity contribution is -0.115. The number of halogens is 3. The number of aromatic nitrogens is 4.